The zero-order chi connectivity index (χ0) is 22.8. The van der Waals surface area contributed by atoms with Crippen LogP contribution in [0.3, 0.4) is 0 Å². The van der Waals surface area contributed by atoms with Gasteiger partial charge in [0.1, 0.15) is 11.5 Å². The first-order valence-electron chi connectivity index (χ1n) is 10.3. The highest BCUT2D eigenvalue weighted by Crippen LogP contribution is 2.21. The van der Waals surface area contributed by atoms with Crippen molar-refractivity contribution in [2.45, 2.75) is 13.1 Å². The molecule has 0 heterocycles. The number of anilines is 1. The molecule has 3 aromatic rings. The molecule has 0 aliphatic rings. The smallest absolute Gasteiger partial charge is 0.315 e. The van der Waals surface area contributed by atoms with Crippen LogP contribution in [0.1, 0.15) is 11.1 Å². The molecule has 0 radical (unpaired) electrons. The van der Waals surface area contributed by atoms with Gasteiger partial charge < -0.3 is 25.6 Å². The minimum Gasteiger partial charge on any atom is -0.457 e. The second-order valence-corrected chi connectivity index (χ2v) is 7.58. The average Bonchev–Trinajstić information content (AvgIpc) is 2.77. The van der Waals surface area contributed by atoms with Crippen LogP contribution >= 0.6 is 0 Å². The van der Waals surface area contributed by atoms with Crippen LogP contribution in [0.15, 0.2) is 78.9 Å². The Bertz CT molecular complexity index is 1020. The molecule has 7 nitrogen and oxygen atoms in total. The Morgan fingerprint density at radius 2 is 1.44 bits per heavy atom. The van der Waals surface area contributed by atoms with E-state index in [-0.39, 0.29) is 11.9 Å². The van der Waals surface area contributed by atoms with E-state index in [1.807, 2.05) is 93.0 Å². The van der Waals surface area contributed by atoms with Crippen LogP contribution in [0.4, 0.5) is 10.5 Å². The predicted molar refractivity (Wildman–Crippen MR) is 126 cm³/mol. The molecule has 166 valence electrons. The van der Waals surface area contributed by atoms with Crippen molar-refractivity contribution in [2.75, 3.05) is 26.0 Å². The number of nitrogens with zero attached hydrogens (tertiary/aromatic N) is 1. The minimum atomic E-state index is -0.267. The minimum absolute atomic E-state index is 0.0851. The summed E-state index contributed by atoms with van der Waals surface area (Å²) in [6, 6.07) is 24.3. The zero-order valence-corrected chi connectivity index (χ0v) is 18.3. The Hall–Kier alpha value is -3.84. The van der Waals surface area contributed by atoms with Gasteiger partial charge in [0.25, 0.3) is 0 Å². The third-order valence-electron chi connectivity index (χ3n) is 4.48. The summed E-state index contributed by atoms with van der Waals surface area (Å²) < 4.78 is 5.77. The SMILES string of the molecule is CN(C)CC(=O)Nc1cccc(CNC(=O)NCc2ccc(Oc3ccccc3)cc2)c1. The van der Waals surface area contributed by atoms with E-state index in [0.717, 1.165) is 22.6 Å². The third-order valence-corrected chi connectivity index (χ3v) is 4.48. The number of amides is 3. The van der Waals surface area contributed by atoms with Gasteiger partial charge in [0, 0.05) is 18.8 Å². The summed E-state index contributed by atoms with van der Waals surface area (Å²) in [7, 11) is 3.68. The van der Waals surface area contributed by atoms with Crippen molar-refractivity contribution in [3.05, 3.63) is 90.0 Å². The molecule has 3 N–H and O–H groups in total. The van der Waals surface area contributed by atoms with Crippen LogP contribution in [-0.2, 0) is 17.9 Å². The summed E-state index contributed by atoms with van der Waals surface area (Å²) in [6.07, 6.45) is 0. The standard InChI is InChI=1S/C25H28N4O3/c1-29(2)18-24(30)28-21-8-6-7-20(15-21)17-27-25(31)26-16-19-11-13-23(14-12-19)32-22-9-4-3-5-10-22/h3-15H,16-18H2,1-2H3,(H,28,30)(H2,26,27,31). The van der Waals surface area contributed by atoms with Crippen molar-refractivity contribution < 1.29 is 14.3 Å². The van der Waals surface area contributed by atoms with Crippen molar-refractivity contribution in [3.63, 3.8) is 0 Å². The molecule has 0 bridgehead atoms. The first-order valence-corrected chi connectivity index (χ1v) is 10.3. The maximum atomic E-state index is 12.2. The molecule has 0 atom stereocenters. The molecule has 0 fully saturated rings. The van der Waals surface area contributed by atoms with Crippen molar-refractivity contribution in [1.82, 2.24) is 15.5 Å². The predicted octanol–water partition coefficient (Wildman–Crippen LogP) is 3.98. The number of carbonyl (C=O) groups excluding carboxylic acids is 2. The lowest BCUT2D eigenvalue weighted by atomic mass is 10.2. The number of hydrogen-bond donors (Lipinski definition) is 3. The molecule has 0 saturated carbocycles. The fraction of sp³-hybridized carbons (Fsp3) is 0.200. The number of likely N-dealkylation sites (N-methyl/N-ethyl adjacent to an activating group) is 1. The normalized spacial score (nSPS) is 10.5. The lowest BCUT2D eigenvalue weighted by Crippen LogP contribution is -2.34. The van der Waals surface area contributed by atoms with E-state index in [2.05, 4.69) is 16.0 Å². The molecule has 0 spiro atoms. The van der Waals surface area contributed by atoms with Gasteiger partial charge in [-0.25, -0.2) is 4.79 Å². The zero-order valence-electron chi connectivity index (χ0n) is 18.3. The van der Waals surface area contributed by atoms with Gasteiger partial charge >= 0.3 is 6.03 Å². The Morgan fingerprint density at radius 1 is 0.781 bits per heavy atom. The van der Waals surface area contributed by atoms with Gasteiger partial charge in [-0.05, 0) is 61.6 Å². The maximum Gasteiger partial charge on any atom is 0.315 e. The molecular weight excluding hydrogens is 404 g/mol. The molecule has 3 amide bonds. The lowest BCUT2D eigenvalue weighted by Gasteiger charge is -2.12. The number of ether oxygens (including phenoxy) is 1. The molecule has 3 aromatic carbocycles. The molecule has 0 aliphatic heterocycles. The van der Waals surface area contributed by atoms with E-state index < -0.39 is 0 Å². The Labute approximate surface area is 188 Å². The van der Waals surface area contributed by atoms with Crippen molar-refractivity contribution >= 4 is 17.6 Å². The Balaban J connectivity index is 1.42. The van der Waals surface area contributed by atoms with Crippen LogP contribution in [0.5, 0.6) is 11.5 Å². The third kappa shape index (κ3) is 7.77. The highest BCUT2D eigenvalue weighted by atomic mass is 16.5. The van der Waals surface area contributed by atoms with Crippen molar-refractivity contribution in [1.29, 1.82) is 0 Å². The summed E-state index contributed by atoms with van der Waals surface area (Å²) in [5.41, 5.74) is 2.56. The lowest BCUT2D eigenvalue weighted by molar-refractivity contribution is -0.116. The molecular formula is C25H28N4O3. The number of urea groups is 1. The van der Waals surface area contributed by atoms with Crippen LogP contribution in [0.2, 0.25) is 0 Å². The molecule has 0 unspecified atom stereocenters. The second-order valence-electron chi connectivity index (χ2n) is 7.58. The van der Waals surface area contributed by atoms with Crippen LogP contribution in [-0.4, -0.2) is 37.5 Å². The summed E-state index contributed by atoms with van der Waals surface area (Å²) in [6.45, 7) is 1.06. The van der Waals surface area contributed by atoms with E-state index in [4.69, 9.17) is 4.74 Å². The summed E-state index contributed by atoms with van der Waals surface area (Å²) >= 11 is 0. The number of para-hydroxylation sites is 1. The van der Waals surface area contributed by atoms with Crippen LogP contribution in [0, 0.1) is 0 Å². The molecule has 32 heavy (non-hydrogen) atoms. The number of benzene rings is 3. The second kappa shape index (κ2) is 11.5. The van der Waals surface area contributed by atoms with Crippen molar-refractivity contribution in [3.8, 4) is 11.5 Å². The van der Waals surface area contributed by atoms with Gasteiger partial charge in [-0.2, -0.15) is 0 Å². The molecule has 0 aliphatic carbocycles. The van der Waals surface area contributed by atoms with Crippen molar-refractivity contribution in [2.24, 2.45) is 0 Å². The fourth-order valence-corrected chi connectivity index (χ4v) is 2.97. The molecule has 0 saturated heterocycles. The quantitative estimate of drug-likeness (QED) is 0.478. The number of hydrogen-bond acceptors (Lipinski definition) is 4. The van der Waals surface area contributed by atoms with Gasteiger partial charge in [0.05, 0.1) is 6.54 Å². The van der Waals surface area contributed by atoms with Gasteiger partial charge in [-0.1, -0.05) is 42.5 Å². The summed E-state index contributed by atoms with van der Waals surface area (Å²) in [5, 5.41) is 8.52. The van der Waals surface area contributed by atoms with E-state index in [0.29, 0.717) is 25.3 Å². The van der Waals surface area contributed by atoms with E-state index in [1.54, 1.807) is 4.90 Å². The maximum absolute atomic E-state index is 12.2. The Kier molecular flexibility index (Phi) is 8.22. The topological polar surface area (TPSA) is 82.7 Å². The van der Waals surface area contributed by atoms with Gasteiger partial charge in [0.2, 0.25) is 5.91 Å². The van der Waals surface area contributed by atoms with Gasteiger partial charge in [0.15, 0.2) is 0 Å². The van der Waals surface area contributed by atoms with Gasteiger partial charge in [-0.3, -0.25) is 4.79 Å². The van der Waals surface area contributed by atoms with E-state index in [9.17, 15) is 9.59 Å². The monoisotopic (exact) mass is 432 g/mol. The summed E-state index contributed by atoms with van der Waals surface area (Å²) in [5.74, 6) is 1.43. The average molecular weight is 433 g/mol. The van der Waals surface area contributed by atoms with Crippen LogP contribution < -0.4 is 20.7 Å². The largest absolute Gasteiger partial charge is 0.457 e. The number of nitrogens with one attached hydrogen (secondary N) is 3. The van der Waals surface area contributed by atoms with E-state index >= 15 is 0 Å². The first kappa shape index (κ1) is 22.8. The van der Waals surface area contributed by atoms with E-state index in [1.165, 1.54) is 0 Å². The van der Waals surface area contributed by atoms with Crippen LogP contribution in [0.25, 0.3) is 0 Å². The first-order chi connectivity index (χ1) is 15.5. The molecule has 7 heteroatoms. The molecule has 0 aromatic heterocycles. The Morgan fingerprint density at radius 3 is 2.12 bits per heavy atom. The highest BCUT2D eigenvalue weighted by Gasteiger charge is 2.06. The number of carbonyl (C=O) groups is 2. The molecule has 3 rings (SSSR count). The number of rotatable bonds is 9. The summed E-state index contributed by atoms with van der Waals surface area (Å²) in [4.78, 5) is 25.9. The fourth-order valence-electron chi connectivity index (χ4n) is 2.97. The van der Waals surface area contributed by atoms with Gasteiger partial charge in [-0.15, -0.1) is 0 Å². The highest BCUT2D eigenvalue weighted by molar-refractivity contribution is 5.92.